The third-order valence-corrected chi connectivity index (χ3v) is 6.17. The molecule has 1 aliphatic heterocycles. The van der Waals surface area contributed by atoms with Gasteiger partial charge in [-0.1, -0.05) is 39.3 Å². The van der Waals surface area contributed by atoms with Gasteiger partial charge < -0.3 is 14.8 Å². The van der Waals surface area contributed by atoms with E-state index in [2.05, 4.69) is 39.7 Å². The molecule has 0 aliphatic carbocycles. The Morgan fingerprint density at radius 1 is 1.18 bits per heavy atom. The lowest BCUT2D eigenvalue weighted by molar-refractivity contribution is -0.0368. The number of phenolic OH excluding ortho intramolecular Hbond substituents is 1. The van der Waals surface area contributed by atoms with Crippen LogP contribution in [0.15, 0.2) is 41.1 Å². The quantitative estimate of drug-likeness (QED) is 0.289. The Hall–Kier alpha value is -2.71. The van der Waals surface area contributed by atoms with Crippen molar-refractivity contribution in [1.82, 2.24) is 19.7 Å². The molecule has 2 aromatic carbocycles. The topological polar surface area (TPSA) is 76.0 Å². The number of imidazole rings is 1. The molecule has 0 spiro atoms. The minimum absolute atomic E-state index is 0.174. The van der Waals surface area contributed by atoms with E-state index in [4.69, 9.17) is 9.84 Å². The first kappa shape index (κ1) is 24.4. The largest absolute Gasteiger partial charge is 0.508 e. The number of benzene rings is 2. The molecule has 3 heterocycles. The second kappa shape index (κ2) is 10.7. The second-order valence-electron chi connectivity index (χ2n) is 8.42. The summed E-state index contributed by atoms with van der Waals surface area (Å²) >= 11 is 3.38. The first-order valence-corrected chi connectivity index (χ1v) is 12.6. The number of hydrogen-bond donors (Lipinski definition) is 2. The van der Waals surface area contributed by atoms with E-state index in [1.54, 1.807) is 35.1 Å². The molecule has 0 radical (unpaired) electrons. The zero-order valence-electron chi connectivity index (χ0n) is 19.7. The summed E-state index contributed by atoms with van der Waals surface area (Å²) in [4.78, 5) is 7.50. The third kappa shape index (κ3) is 4.74. The number of nitrogens with one attached hydrogen (secondary N) is 1. The van der Waals surface area contributed by atoms with Crippen LogP contribution in [0.2, 0.25) is 0 Å². The number of H-pyrrole nitrogens is 1. The van der Waals surface area contributed by atoms with E-state index < -0.39 is 0 Å². The maximum atomic E-state index is 16.1. The standard InChI is InChI=1S/C23H22BrFN4O2.C3H8/c1-2-13-11-14(30)6-7-15(13)16-8-9-17-21(23-26-12-18(24)27-23)28-29(22(17)20(16)25)19-5-3-4-10-31-19;1-3-2/h6-9,11-12,19,30H,2-5,10H2,1H3,(H,26,27);3H2,1-2H3. The van der Waals surface area contributed by atoms with E-state index in [9.17, 15) is 5.11 Å². The molecule has 0 amide bonds. The van der Waals surface area contributed by atoms with Gasteiger partial charge in [0.2, 0.25) is 0 Å². The summed E-state index contributed by atoms with van der Waals surface area (Å²) in [6.45, 7) is 6.87. The van der Waals surface area contributed by atoms with Gasteiger partial charge in [0.25, 0.3) is 0 Å². The molecule has 6 nitrogen and oxygen atoms in total. The van der Waals surface area contributed by atoms with Crippen molar-refractivity contribution < 1.29 is 14.2 Å². The highest BCUT2D eigenvalue weighted by atomic mass is 79.9. The Kier molecular flexibility index (Phi) is 7.68. The maximum Gasteiger partial charge on any atom is 0.159 e. The van der Waals surface area contributed by atoms with E-state index in [0.29, 0.717) is 41.0 Å². The molecule has 0 saturated carbocycles. The van der Waals surface area contributed by atoms with E-state index in [0.717, 1.165) is 35.0 Å². The summed E-state index contributed by atoms with van der Waals surface area (Å²) in [5.41, 5.74) is 3.12. The van der Waals surface area contributed by atoms with Crippen LogP contribution >= 0.6 is 15.9 Å². The highest BCUT2D eigenvalue weighted by Crippen LogP contribution is 2.38. The van der Waals surface area contributed by atoms with Crippen LogP contribution in [-0.4, -0.2) is 31.5 Å². The van der Waals surface area contributed by atoms with Gasteiger partial charge in [-0.15, -0.1) is 0 Å². The van der Waals surface area contributed by atoms with Gasteiger partial charge in [0.1, 0.15) is 21.6 Å². The highest BCUT2D eigenvalue weighted by Gasteiger charge is 2.26. The number of hydrogen-bond acceptors (Lipinski definition) is 4. The number of nitrogens with zero attached hydrogens (tertiary/aromatic N) is 3. The number of aryl methyl sites for hydroxylation is 1. The number of ether oxygens (including phenoxy) is 1. The molecule has 1 aliphatic rings. The van der Waals surface area contributed by atoms with Crippen molar-refractivity contribution in [2.45, 2.75) is 59.1 Å². The molecule has 4 aromatic rings. The van der Waals surface area contributed by atoms with Crippen molar-refractivity contribution >= 4 is 26.8 Å². The molecule has 1 saturated heterocycles. The summed E-state index contributed by atoms with van der Waals surface area (Å²) < 4.78 is 24.5. The van der Waals surface area contributed by atoms with Crippen molar-refractivity contribution in [2.75, 3.05) is 6.61 Å². The van der Waals surface area contributed by atoms with Crippen molar-refractivity contribution in [3.05, 3.63) is 52.5 Å². The molecule has 1 unspecified atom stereocenters. The summed E-state index contributed by atoms with van der Waals surface area (Å²) in [6, 6.07) is 8.70. The summed E-state index contributed by atoms with van der Waals surface area (Å²) in [7, 11) is 0. The van der Waals surface area contributed by atoms with Gasteiger partial charge in [-0.25, -0.2) is 14.1 Å². The molecule has 8 heteroatoms. The lowest BCUT2D eigenvalue weighted by Gasteiger charge is -2.23. The second-order valence-corrected chi connectivity index (χ2v) is 9.27. The molecule has 0 bridgehead atoms. The molecule has 2 aromatic heterocycles. The predicted octanol–water partition coefficient (Wildman–Crippen LogP) is 7.38. The molecule has 2 N–H and O–H groups in total. The molecule has 1 atom stereocenters. The Morgan fingerprint density at radius 2 is 1.94 bits per heavy atom. The van der Waals surface area contributed by atoms with E-state index in [-0.39, 0.29) is 17.8 Å². The third-order valence-electron chi connectivity index (χ3n) is 5.77. The Labute approximate surface area is 207 Å². The first-order chi connectivity index (χ1) is 16.5. The van der Waals surface area contributed by atoms with Gasteiger partial charge in [0.15, 0.2) is 17.9 Å². The fraction of sp³-hybridized carbons (Fsp3) is 0.385. The minimum atomic E-state index is -0.351. The van der Waals surface area contributed by atoms with Gasteiger partial charge in [-0.05, 0) is 70.9 Å². The number of aromatic nitrogens is 4. The van der Waals surface area contributed by atoms with Crippen LogP contribution in [-0.2, 0) is 11.2 Å². The van der Waals surface area contributed by atoms with E-state index in [1.807, 2.05) is 13.0 Å². The summed E-state index contributed by atoms with van der Waals surface area (Å²) in [5, 5.41) is 15.3. The summed E-state index contributed by atoms with van der Waals surface area (Å²) in [6.07, 6.45) is 6.05. The average molecular weight is 529 g/mol. The minimum Gasteiger partial charge on any atom is -0.508 e. The van der Waals surface area contributed by atoms with E-state index in [1.165, 1.54) is 6.42 Å². The SMILES string of the molecule is CCC.CCc1cc(O)ccc1-c1ccc2c(-c3ncc(Br)[nH]3)nn(C3CCCCO3)c2c1F. The molecular formula is C26H30BrFN4O2. The fourth-order valence-electron chi connectivity index (χ4n) is 4.25. The Balaban J connectivity index is 0.000000868. The monoisotopic (exact) mass is 528 g/mol. The first-order valence-electron chi connectivity index (χ1n) is 11.8. The molecule has 34 heavy (non-hydrogen) atoms. The lowest BCUT2D eigenvalue weighted by Crippen LogP contribution is -2.19. The van der Waals surface area contributed by atoms with Gasteiger partial charge in [0, 0.05) is 17.6 Å². The van der Waals surface area contributed by atoms with Crippen molar-refractivity contribution in [3.8, 4) is 28.4 Å². The van der Waals surface area contributed by atoms with Crippen LogP contribution in [0.3, 0.4) is 0 Å². The van der Waals surface area contributed by atoms with Crippen LogP contribution in [0.25, 0.3) is 33.5 Å². The number of phenols is 1. The van der Waals surface area contributed by atoms with Crippen molar-refractivity contribution in [1.29, 1.82) is 0 Å². The van der Waals surface area contributed by atoms with Crippen LogP contribution in [0.4, 0.5) is 4.39 Å². The number of halogens is 2. The number of fused-ring (bicyclic) bond motifs is 1. The Bertz CT molecular complexity index is 1280. The average Bonchev–Trinajstić information content (AvgIpc) is 3.45. The highest BCUT2D eigenvalue weighted by molar-refractivity contribution is 9.10. The van der Waals surface area contributed by atoms with Crippen LogP contribution < -0.4 is 0 Å². The van der Waals surface area contributed by atoms with Gasteiger partial charge >= 0.3 is 0 Å². The van der Waals surface area contributed by atoms with Crippen molar-refractivity contribution in [2.24, 2.45) is 0 Å². The normalized spacial score (nSPS) is 15.9. The summed E-state index contributed by atoms with van der Waals surface area (Å²) in [5.74, 6) is 0.391. The van der Waals surface area contributed by atoms with Gasteiger partial charge in [-0.3, -0.25) is 0 Å². The zero-order valence-corrected chi connectivity index (χ0v) is 21.3. The van der Waals surface area contributed by atoms with Crippen LogP contribution in [0.5, 0.6) is 5.75 Å². The number of aromatic amines is 1. The van der Waals surface area contributed by atoms with Crippen LogP contribution in [0, 0.1) is 5.82 Å². The van der Waals surface area contributed by atoms with Gasteiger partial charge in [-0.2, -0.15) is 5.10 Å². The zero-order chi connectivity index (χ0) is 24.2. The predicted molar refractivity (Wildman–Crippen MR) is 136 cm³/mol. The fourth-order valence-corrected chi connectivity index (χ4v) is 4.54. The Morgan fingerprint density at radius 3 is 2.59 bits per heavy atom. The maximum absolute atomic E-state index is 16.1. The molecule has 1 fully saturated rings. The molecular weight excluding hydrogens is 499 g/mol. The number of rotatable bonds is 4. The van der Waals surface area contributed by atoms with Crippen LogP contribution in [0.1, 0.15) is 58.2 Å². The molecule has 5 rings (SSSR count). The smallest absolute Gasteiger partial charge is 0.159 e. The number of aromatic hydroxyl groups is 1. The lowest BCUT2D eigenvalue weighted by atomic mass is 9.96. The van der Waals surface area contributed by atoms with E-state index >= 15 is 4.39 Å². The van der Waals surface area contributed by atoms with Gasteiger partial charge in [0.05, 0.1) is 6.20 Å². The molecule has 180 valence electrons. The van der Waals surface area contributed by atoms with Crippen molar-refractivity contribution in [3.63, 3.8) is 0 Å².